The molecule has 1 aliphatic rings. The Morgan fingerprint density at radius 3 is 2.40 bits per heavy atom. The second-order valence-corrected chi connectivity index (χ2v) is 7.95. The van der Waals surface area contributed by atoms with Crippen molar-refractivity contribution >= 4 is 10.8 Å². The average molecular weight is 407 g/mol. The summed E-state index contributed by atoms with van der Waals surface area (Å²) in [6, 6.07) is 12.4. The van der Waals surface area contributed by atoms with E-state index in [1.165, 1.54) is 27.6 Å². The van der Waals surface area contributed by atoms with Gasteiger partial charge in [-0.25, -0.2) is 0 Å². The second-order valence-electron chi connectivity index (χ2n) is 7.95. The standard InChI is InChI=1S/C25H30N2O3/c1-17-22-14-23(26-15-19(22)6-8-24(17)29-3)18-9-11-27(12-10-18)16-20-5-7-21(28-2)13-25(20)30-4/h5-8,13-15,18H,9-12,16H2,1-4H3. The fourth-order valence-electron chi connectivity index (χ4n) is 4.42. The van der Waals surface area contributed by atoms with Crippen LogP contribution >= 0.6 is 0 Å². The molecule has 0 N–H and O–H groups in total. The van der Waals surface area contributed by atoms with Crippen LogP contribution < -0.4 is 14.2 Å². The highest BCUT2D eigenvalue weighted by molar-refractivity contribution is 5.87. The van der Waals surface area contributed by atoms with Crippen LogP contribution in [0.4, 0.5) is 0 Å². The van der Waals surface area contributed by atoms with Crippen LogP contribution in [0.5, 0.6) is 17.2 Å². The number of likely N-dealkylation sites (tertiary alicyclic amines) is 1. The topological polar surface area (TPSA) is 43.8 Å². The highest BCUT2D eigenvalue weighted by Gasteiger charge is 2.23. The van der Waals surface area contributed by atoms with Crippen molar-refractivity contribution in [3.8, 4) is 17.2 Å². The highest BCUT2D eigenvalue weighted by Crippen LogP contribution is 2.33. The fraction of sp³-hybridized carbons (Fsp3) is 0.400. The molecule has 1 aliphatic heterocycles. The van der Waals surface area contributed by atoms with Gasteiger partial charge in [0.15, 0.2) is 0 Å². The third kappa shape index (κ3) is 4.08. The number of aryl methyl sites for hydroxylation is 1. The molecule has 2 heterocycles. The summed E-state index contributed by atoms with van der Waals surface area (Å²) in [5.41, 5.74) is 3.58. The Balaban J connectivity index is 1.45. The van der Waals surface area contributed by atoms with Gasteiger partial charge in [0.2, 0.25) is 0 Å². The lowest BCUT2D eigenvalue weighted by Crippen LogP contribution is -2.32. The summed E-state index contributed by atoms with van der Waals surface area (Å²) in [5.74, 6) is 3.14. The van der Waals surface area contributed by atoms with Gasteiger partial charge < -0.3 is 14.2 Å². The number of hydrogen-bond donors (Lipinski definition) is 0. The van der Waals surface area contributed by atoms with Crippen molar-refractivity contribution < 1.29 is 14.2 Å². The van der Waals surface area contributed by atoms with Crippen molar-refractivity contribution in [3.63, 3.8) is 0 Å². The molecule has 0 saturated carbocycles. The fourth-order valence-corrected chi connectivity index (χ4v) is 4.42. The van der Waals surface area contributed by atoms with Gasteiger partial charge in [-0.1, -0.05) is 6.07 Å². The lowest BCUT2D eigenvalue weighted by atomic mass is 9.91. The Morgan fingerprint density at radius 1 is 0.933 bits per heavy atom. The molecular formula is C25H30N2O3. The van der Waals surface area contributed by atoms with E-state index in [2.05, 4.69) is 30.0 Å². The second kappa shape index (κ2) is 8.92. The SMILES string of the molecule is COc1ccc(CN2CCC(c3cc4c(C)c(OC)ccc4cn3)CC2)c(OC)c1. The molecule has 0 aliphatic carbocycles. The smallest absolute Gasteiger partial charge is 0.127 e. The maximum atomic E-state index is 5.56. The number of hydrogen-bond acceptors (Lipinski definition) is 5. The van der Waals surface area contributed by atoms with E-state index in [0.717, 1.165) is 49.7 Å². The predicted molar refractivity (Wildman–Crippen MR) is 120 cm³/mol. The van der Waals surface area contributed by atoms with Gasteiger partial charge in [-0.05, 0) is 68.1 Å². The molecule has 5 heteroatoms. The first-order valence-electron chi connectivity index (χ1n) is 10.5. The number of rotatable bonds is 6. The number of methoxy groups -OCH3 is 3. The van der Waals surface area contributed by atoms with Gasteiger partial charge in [-0.15, -0.1) is 0 Å². The quantitative estimate of drug-likeness (QED) is 0.580. The third-order valence-corrected chi connectivity index (χ3v) is 6.26. The molecule has 1 aromatic heterocycles. The van der Waals surface area contributed by atoms with Gasteiger partial charge in [0.25, 0.3) is 0 Å². The zero-order chi connectivity index (χ0) is 21.1. The Morgan fingerprint density at radius 2 is 1.70 bits per heavy atom. The van der Waals surface area contributed by atoms with Crippen molar-refractivity contribution in [1.82, 2.24) is 9.88 Å². The molecule has 0 bridgehead atoms. The monoisotopic (exact) mass is 406 g/mol. The largest absolute Gasteiger partial charge is 0.497 e. The number of aromatic nitrogens is 1. The molecule has 4 rings (SSSR count). The summed E-state index contributed by atoms with van der Waals surface area (Å²) in [6.07, 6.45) is 4.23. The van der Waals surface area contributed by atoms with E-state index in [1.54, 1.807) is 21.3 Å². The number of ether oxygens (including phenoxy) is 3. The van der Waals surface area contributed by atoms with Crippen molar-refractivity contribution in [2.24, 2.45) is 0 Å². The normalized spacial score (nSPS) is 15.3. The van der Waals surface area contributed by atoms with E-state index in [-0.39, 0.29) is 0 Å². The van der Waals surface area contributed by atoms with Gasteiger partial charge in [0.1, 0.15) is 17.2 Å². The predicted octanol–water partition coefficient (Wildman–Crippen LogP) is 4.95. The van der Waals surface area contributed by atoms with E-state index in [1.807, 2.05) is 24.4 Å². The number of nitrogens with zero attached hydrogens (tertiary/aromatic N) is 2. The van der Waals surface area contributed by atoms with Gasteiger partial charge in [-0.3, -0.25) is 9.88 Å². The molecular weight excluding hydrogens is 376 g/mol. The molecule has 0 spiro atoms. The number of piperidine rings is 1. The minimum Gasteiger partial charge on any atom is -0.497 e. The molecule has 2 aromatic carbocycles. The van der Waals surface area contributed by atoms with Crippen molar-refractivity contribution in [1.29, 1.82) is 0 Å². The summed E-state index contributed by atoms with van der Waals surface area (Å²) in [7, 11) is 5.12. The van der Waals surface area contributed by atoms with E-state index < -0.39 is 0 Å². The van der Waals surface area contributed by atoms with Crippen LogP contribution in [0.15, 0.2) is 42.6 Å². The van der Waals surface area contributed by atoms with Crippen molar-refractivity contribution in [2.45, 2.75) is 32.2 Å². The molecule has 0 amide bonds. The van der Waals surface area contributed by atoms with Gasteiger partial charge in [0.05, 0.1) is 21.3 Å². The van der Waals surface area contributed by atoms with E-state index >= 15 is 0 Å². The minimum absolute atomic E-state index is 0.494. The van der Waals surface area contributed by atoms with Crippen molar-refractivity contribution in [2.75, 3.05) is 34.4 Å². The molecule has 3 aromatic rings. The minimum atomic E-state index is 0.494. The number of benzene rings is 2. The van der Waals surface area contributed by atoms with Gasteiger partial charge in [-0.2, -0.15) is 0 Å². The molecule has 0 atom stereocenters. The maximum absolute atomic E-state index is 5.56. The lowest BCUT2D eigenvalue weighted by Gasteiger charge is -2.32. The Bertz CT molecular complexity index is 1030. The molecule has 5 nitrogen and oxygen atoms in total. The molecule has 1 fully saturated rings. The average Bonchev–Trinajstić information content (AvgIpc) is 2.80. The number of fused-ring (bicyclic) bond motifs is 1. The lowest BCUT2D eigenvalue weighted by molar-refractivity contribution is 0.201. The van der Waals surface area contributed by atoms with Crippen molar-refractivity contribution in [3.05, 3.63) is 59.4 Å². The zero-order valence-electron chi connectivity index (χ0n) is 18.3. The summed E-state index contributed by atoms with van der Waals surface area (Å²) in [4.78, 5) is 7.29. The first kappa shape index (κ1) is 20.5. The van der Waals surface area contributed by atoms with Crippen LogP contribution in [0, 0.1) is 6.92 Å². The molecule has 158 valence electrons. The zero-order valence-corrected chi connectivity index (χ0v) is 18.3. The Kier molecular flexibility index (Phi) is 6.09. The van der Waals surface area contributed by atoms with Crippen LogP contribution in [-0.4, -0.2) is 44.3 Å². The first-order chi connectivity index (χ1) is 14.6. The number of pyridine rings is 1. The van der Waals surface area contributed by atoms with Gasteiger partial charge >= 0.3 is 0 Å². The Hall–Kier alpha value is -2.79. The van der Waals surface area contributed by atoms with E-state index in [9.17, 15) is 0 Å². The van der Waals surface area contributed by atoms with Crippen LogP contribution in [-0.2, 0) is 6.54 Å². The van der Waals surface area contributed by atoms with E-state index in [4.69, 9.17) is 19.2 Å². The molecule has 1 saturated heterocycles. The van der Waals surface area contributed by atoms with Crippen LogP contribution in [0.1, 0.15) is 35.6 Å². The first-order valence-corrected chi connectivity index (χ1v) is 10.5. The maximum Gasteiger partial charge on any atom is 0.127 e. The van der Waals surface area contributed by atoms with E-state index in [0.29, 0.717) is 5.92 Å². The molecule has 30 heavy (non-hydrogen) atoms. The summed E-state index contributed by atoms with van der Waals surface area (Å²) >= 11 is 0. The van der Waals surface area contributed by atoms with Gasteiger partial charge in [0, 0.05) is 41.4 Å². The van der Waals surface area contributed by atoms with Crippen LogP contribution in [0.3, 0.4) is 0 Å². The molecule has 0 unspecified atom stereocenters. The Labute approximate surface area is 178 Å². The summed E-state index contributed by atoms with van der Waals surface area (Å²) in [6.45, 7) is 5.12. The van der Waals surface area contributed by atoms with Crippen LogP contribution in [0.2, 0.25) is 0 Å². The highest BCUT2D eigenvalue weighted by atomic mass is 16.5. The molecule has 0 radical (unpaired) electrons. The third-order valence-electron chi connectivity index (χ3n) is 6.26. The van der Waals surface area contributed by atoms with Crippen LogP contribution in [0.25, 0.3) is 10.8 Å². The summed E-state index contributed by atoms with van der Waals surface area (Å²) < 4.78 is 16.4. The summed E-state index contributed by atoms with van der Waals surface area (Å²) in [5, 5.41) is 2.41.